The average molecular weight is 240 g/mol. The Hall–Kier alpha value is -1.11. The summed E-state index contributed by atoms with van der Waals surface area (Å²) in [5, 5.41) is -0.384. The van der Waals surface area contributed by atoms with Gasteiger partial charge in [0.15, 0.2) is 5.09 Å². The van der Waals surface area contributed by atoms with Gasteiger partial charge in [-0.3, -0.25) is 0 Å². The molecule has 0 bridgehead atoms. The summed E-state index contributed by atoms with van der Waals surface area (Å²) < 4.78 is 44.9. The van der Waals surface area contributed by atoms with Crippen molar-refractivity contribution in [3.63, 3.8) is 0 Å². The zero-order valence-corrected chi connectivity index (χ0v) is 8.45. The second-order valence-electron chi connectivity index (χ2n) is 2.39. The molecule has 0 spiro atoms. The molecule has 0 saturated heterocycles. The van der Waals surface area contributed by atoms with Gasteiger partial charge in [-0.15, -0.1) is 0 Å². The Kier molecular flexibility index (Phi) is 3.67. The third kappa shape index (κ3) is 3.86. The van der Waals surface area contributed by atoms with Gasteiger partial charge in [0.05, 0.1) is 6.61 Å². The van der Waals surface area contributed by atoms with Crippen molar-refractivity contribution in [3.8, 4) is 0 Å². The highest BCUT2D eigenvalue weighted by Crippen LogP contribution is 2.37. The molecule has 0 radical (unpaired) electrons. The first-order chi connectivity index (χ1) is 6.92. The Morgan fingerprint density at radius 3 is 2.73 bits per heavy atom. The van der Waals surface area contributed by atoms with Crippen LogP contribution in [0.25, 0.3) is 0 Å². The zero-order chi connectivity index (χ0) is 11.5. The quantitative estimate of drug-likeness (QED) is 0.601. The third-order valence-corrected chi connectivity index (χ3v) is 1.93. The lowest BCUT2D eigenvalue weighted by Gasteiger charge is -2.01. The van der Waals surface area contributed by atoms with Crippen molar-refractivity contribution in [2.24, 2.45) is 0 Å². The van der Waals surface area contributed by atoms with Crippen LogP contribution in [0.2, 0.25) is 0 Å². The summed E-state index contributed by atoms with van der Waals surface area (Å²) in [4.78, 5) is 11.0. The van der Waals surface area contributed by atoms with Gasteiger partial charge in [0.1, 0.15) is 0 Å². The molecule has 0 aliphatic heterocycles. The molecular formula is C8H7F3O3S. The standard InChI is InChI=1S/C8H7F3O3S/c1-2-13-7(12)5-3-4-6(14-5)15-8(9,10)11/h3-4H,2H2,1H3. The molecule has 1 rings (SSSR count). The van der Waals surface area contributed by atoms with Crippen LogP contribution in [0.4, 0.5) is 13.2 Å². The van der Waals surface area contributed by atoms with Crippen LogP contribution in [0, 0.1) is 0 Å². The van der Waals surface area contributed by atoms with Crippen molar-refractivity contribution in [2.45, 2.75) is 17.5 Å². The maximum atomic E-state index is 11.9. The highest BCUT2D eigenvalue weighted by molar-refractivity contribution is 8.00. The minimum atomic E-state index is -4.43. The highest BCUT2D eigenvalue weighted by Gasteiger charge is 2.31. The smallest absolute Gasteiger partial charge is 0.449 e. The van der Waals surface area contributed by atoms with Gasteiger partial charge in [0.25, 0.3) is 0 Å². The molecular weight excluding hydrogens is 233 g/mol. The van der Waals surface area contributed by atoms with E-state index in [1.54, 1.807) is 6.92 Å². The number of carbonyl (C=O) groups is 1. The second-order valence-corrected chi connectivity index (χ2v) is 3.46. The summed E-state index contributed by atoms with van der Waals surface area (Å²) in [6.07, 6.45) is 0. The molecule has 0 amide bonds. The van der Waals surface area contributed by atoms with Gasteiger partial charge in [0.2, 0.25) is 5.76 Å². The number of hydrogen-bond acceptors (Lipinski definition) is 4. The maximum Gasteiger partial charge on any atom is 0.449 e. The lowest BCUT2D eigenvalue weighted by atomic mass is 10.5. The van der Waals surface area contributed by atoms with Crippen LogP contribution >= 0.6 is 11.8 Å². The number of rotatable bonds is 3. The summed E-state index contributed by atoms with van der Waals surface area (Å²) in [7, 11) is 0. The molecule has 15 heavy (non-hydrogen) atoms. The van der Waals surface area contributed by atoms with Crippen molar-refractivity contribution in [1.29, 1.82) is 0 Å². The molecule has 1 heterocycles. The van der Waals surface area contributed by atoms with E-state index in [4.69, 9.17) is 0 Å². The molecule has 0 saturated carbocycles. The van der Waals surface area contributed by atoms with Crippen molar-refractivity contribution in [2.75, 3.05) is 6.61 Å². The van der Waals surface area contributed by atoms with E-state index in [1.165, 1.54) is 0 Å². The summed E-state index contributed by atoms with van der Waals surface area (Å²) >= 11 is -0.417. The Balaban J connectivity index is 2.68. The normalized spacial score (nSPS) is 11.5. The first kappa shape index (κ1) is 12.0. The fourth-order valence-electron chi connectivity index (χ4n) is 0.801. The molecule has 84 valence electrons. The van der Waals surface area contributed by atoms with Crippen molar-refractivity contribution in [3.05, 3.63) is 17.9 Å². The first-order valence-corrected chi connectivity index (χ1v) is 4.76. The Morgan fingerprint density at radius 2 is 2.20 bits per heavy atom. The summed E-state index contributed by atoms with van der Waals surface area (Å²) in [6.45, 7) is 1.73. The molecule has 0 N–H and O–H groups in total. The molecule has 0 aliphatic rings. The van der Waals surface area contributed by atoms with E-state index in [0.29, 0.717) is 0 Å². The number of furan rings is 1. The number of hydrogen-bond donors (Lipinski definition) is 0. The van der Waals surface area contributed by atoms with E-state index in [1.807, 2.05) is 0 Å². The van der Waals surface area contributed by atoms with Crippen LogP contribution in [-0.2, 0) is 4.74 Å². The van der Waals surface area contributed by atoms with Crippen LogP contribution in [0.3, 0.4) is 0 Å². The number of thioether (sulfide) groups is 1. The average Bonchev–Trinajstić information content (AvgIpc) is 2.50. The fourth-order valence-corrected chi connectivity index (χ4v) is 1.30. The van der Waals surface area contributed by atoms with E-state index in [-0.39, 0.29) is 17.5 Å². The van der Waals surface area contributed by atoms with Crippen molar-refractivity contribution in [1.82, 2.24) is 0 Å². The topological polar surface area (TPSA) is 39.4 Å². The highest BCUT2D eigenvalue weighted by atomic mass is 32.2. The molecule has 0 atom stereocenters. The first-order valence-electron chi connectivity index (χ1n) is 3.95. The van der Waals surface area contributed by atoms with Crippen LogP contribution in [0.1, 0.15) is 17.5 Å². The molecule has 1 aromatic heterocycles. The van der Waals surface area contributed by atoms with E-state index in [2.05, 4.69) is 9.15 Å². The van der Waals surface area contributed by atoms with E-state index in [0.717, 1.165) is 12.1 Å². The largest absolute Gasteiger partial charge is 0.460 e. The third-order valence-electron chi connectivity index (χ3n) is 1.27. The predicted octanol–water partition coefficient (Wildman–Crippen LogP) is 3.07. The summed E-state index contributed by atoms with van der Waals surface area (Å²) in [5.41, 5.74) is -4.43. The molecule has 3 nitrogen and oxygen atoms in total. The molecule has 7 heteroatoms. The fraction of sp³-hybridized carbons (Fsp3) is 0.375. The van der Waals surface area contributed by atoms with Gasteiger partial charge in [0, 0.05) is 11.8 Å². The summed E-state index contributed by atoms with van der Waals surface area (Å²) in [5.74, 6) is -1.00. The van der Waals surface area contributed by atoms with Crippen LogP contribution in [-0.4, -0.2) is 18.1 Å². The summed E-state index contributed by atoms with van der Waals surface area (Å²) in [6, 6.07) is 2.22. The molecule has 0 fully saturated rings. The SMILES string of the molecule is CCOC(=O)c1ccc(SC(F)(F)F)o1. The minimum Gasteiger partial charge on any atom is -0.460 e. The van der Waals surface area contributed by atoms with Crippen LogP contribution in [0.5, 0.6) is 0 Å². The van der Waals surface area contributed by atoms with Crippen LogP contribution in [0.15, 0.2) is 21.6 Å². The van der Waals surface area contributed by atoms with E-state index < -0.39 is 23.2 Å². The second kappa shape index (κ2) is 4.61. The monoisotopic (exact) mass is 240 g/mol. The van der Waals surface area contributed by atoms with Gasteiger partial charge in [-0.2, -0.15) is 13.2 Å². The molecule has 0 aromatic carbocycles. The van der Waals surface area contributed by atoms with Crippen molar-refractivity contribution < 1.29 is 27.1 Å². The molecule has 1 aromatic rings. The number of halogens is 3. The van der Waals surface area contributed by atoms with Crippen molar-refractivity contribution >= 4 is 17.7 Å². The lowest BCUT2D eigenvalue weighted by molar-refractivity contribution is -0.0336. The Labute approximate surface area is 87.6 Å². The van der Waals surface area contributed by atoms with Gasteiger partial charge in [-0.25, -0.2) is 4.79 Å². The van der Waals surface area contributed by atoms with E-state index >= 15 is 0 Å². The van der Waals surface area contributed by atoms with Gasteiger partial charge in [-0.1, -0.05) is 0 Å². The minimum absolute atomic E-state index is 0.140. The molecule has 0 unspecified atom stereocenters. The number of ether oxygens (including phenoxy) is 1. The Bertz CT molecular complexity index is 345. The number of esters is 1. The number of carbonyl (C=O) groups excluding carboxylic acids is 1. The van der Waals surface area contributed by atoms with Gasteiger partial charge >= 0.3 is 11.5 Å². The zero-order valence-electron chi connectivity index (χ0n) is 7.63. The van der Waals surface area contributed by atoms with Gasteiger partial charge in [-0.05, 0) is 19.1 Å². The molecule has 0 aliphatic carbocycles. The Morgan fingerprint density at radius 1 is 1.53 bits per heavy atom. The van der Waals surface area contributed by atoms with Gasteiger partial charge < -0.3 is 9.15 Å². The predicted molar refractivity (Wildman–Crippen MR) is 46.6 cm³/mol. The van der Waals surface area contributed by atoms with Crippen LogP contribution < -0.4 is 0 Å². The lowest BCUT2D eigenvalue weighted by Crippen LogP contribution is -2.02. The maximum absolute atomic E-state index is 11.9. The number of alkyl halides is 3. The van der Waals surface area contributed by atoms with E-state index in [9.17, 15) is 18.0 Å².